The molecule has 0 bridgehead atoms. The largest absolute Gasteiger partial charge is 0.497 e. The van der Waals surface area contributed by atoms with E-state index in [1.807, 2.05) is 42.7 Å². The highest BCUT2D eigenvalue weighted by Crippen LogP contribution is 2.55. The molecule has 0 unspecified atom stereocenters. The molecule has 1 spiro atoms. The molecule has 7 rings (SSSR count). The Kier molecular flexibility index (Phi) is 8.44. The molecule has 2 aliphatic heterocycles. The van der Waals surface area contributed by atoms with Gasteiger partial charge in [-0.05, 0) is 80.6 Å². The van der Waals surface area contributed by atoms with Crippen molar-refractivity contribution >= 4 is 16.8 Å². The number of aryl methyl sites for hydroxylation is 1. The van der Waals surface area contributed by atoms with E-state index in [0.717, 1.165) is 84.7 Å². The Morgan fingerprint density at radius 2 is 2.11 bits per heavy atom. The summed E-state index contributed by atoms with van der Waals surface area (Å²) < 4.78 is 19.1. The van der Waals surface area contributed by atoms with E-state index < -0.39 is 6.10 Å². The van der Waals surface area contributed by atoms with Crippen LogP contribution in [0, 0.1) is 0 Å². The molecule has 4 aromatic rings. The van der Waals surface area contributed by atoms with Gasteiger partial charge in [0, 0.05) is 48.4 Å². The number of aromatic amines is 1. The summed E-state index contributed by atoms with van der Waals surface area (Å²) in [6.07, 6.45) is 12.5. The van der Waals surface area contributed by atoms with E-state index in [0.29, 0.717) is 19.4 Å². The number of fused-ring (bicyclic) bond motifs is 1. The zero-order valence-electron chi connectivity index (χ0n) is 26.5. The molecule has 1 amide bonds. The van der Waals surface area contributed by atoms with Gasteiger partial charge in [-0.3, -0.25) is 9.69 Å². The van der Waals surface area contributed by atoms with Gasteiger partial charge in [-0.15, -0.1) is 5.10 Å². The van der Waals surface area contributed by atoms with E-state index >= 15 is 0 Å². The Bertz CT molecular complexity index is 1750. The van der Waals surface area contributed by atoms with Crippen LogP contribution in [0.15, 0.2) is 54.9 Å². The molecule has 11 nitrogen and oxygen atoms in total. The number of nitrogens with one attached hydrogen (secondary N) is 2. The van der Waals surface area contributed by atoms with Gasteiger partial charge in [-0.1, -0.05) is 23.4 Å². The number of carbonyl (C=O) groups excluding carboxylic acids is 1. The van der Waals surface area contributed by atoms with Crippen molar-refractivity contribution in [3.8, 4) is 17.2 Å². The van der Waals surface area contributed by atoms with Gasteiger partial charge in [0.25, 0.3) is 0 Å². The lowest BCUT2D eigenvalue weighted by Gasteiger charge is -2.35. The van der Waals surface area contributed by atoms with Crippen molar-refractivity contribution in [2.75, 3.05) is 33.9 Å². The molecule has 3 atom stereocenters. The standard InChI is InChI=1S/C35H42N6O5/c1-44-27-7-8-29-28(18-27)23(19-37-29)11-14-36-32(43)22-41-21-25(38-39-41)5-3-4-15-40-16-13-35-12-10-26(42)17-31(35)46-34-30(45-2)9-6-24(20-40)33(34)35/h6-10,12,18-19,21,26,31,37,42H,3-5,11,13-17,20,22H2,1-2H3,(H,36,43)/t26-,31-,35-/m0/s1. The second-order valence-corrected chi connectivity index (χ2v) is 12.7. The number of aromatic nitrogens is 4. The van der Waals surface area contributed by atoms with Gasteiger partial charge >= 0.3 is 0 Å². The average Bonchev–Trinajstić information content (AvgIpc) is 3.74. The number of amides is 1. The Morgan fingerprint density at radius 1 is 1.20 bits per heavy atom. The van der Waals surface area contributed by atoms with Gasteiger partial charge in [-0.25, -0.2) is 4.68 Å². The van der Waals surface area contributed by atoms with Crippen molar-refractivity contribution in [3.05, 3.63) is 77.3 Å². The molecule has 4 heterocycles. The van der Waals surface area contributed by atoms with Crippen molar-refractivity contribution < 1.29 is 24.1 Å². The van der Waals surface area contributed by atoms with Gasteiger partial charge in [-0.2, -0.15) is 0 Å². The van der Waals surface area contributed by atoms with Crippen LogP contribution in [0.1, 0.15) is 48.1 Å². The fraction of sp³-hybridized carbons (Fsp3) is 0.457. The monoisotopic (exact) mass is 626 g/mol. The van der Waals surface area contributed by atoms with E-state index in [1.54, 1.807) is 18.9 Å². The highest BCUT2D eigenvalue weighted by molar-refractivity contribution is 5.84. The minimum Gasteiger partial charge on any atom is -0.497 e. The number of hydrogen-bond acceptors (Lipinski definition) is 8. The van der Waals surface area contributed by atoms with Gasteiger partial charge in [0.1, 0.15) is 18.4 Å². The van der Waals surface area contributed by atoms with Crippen LogP contribution < -0.4 is 19.5 Å². The van der Waals surface area contributed by atoms with Gasteiger partial charge in [0.05, 0.1) is 31.4 Å². The summed E-state index contributed by atoms with van der Waals surface area (Å²) in [4.78, 5) is 18.4. The Balaban J connectivity index is 0.880. The number of H-pyrrole nitrogens is 1. The molecule has 242 valence electrons. The Hall–Kier alpha value is -4.35. The van der Waals surface area contributed by atoms with E-state index in [1.165, 1.54) is 11.1 Å². The highest BCUT2D eigenvalue weighted by atomic mass is 16.5. The molecule has 3 N–H and O–H groups in total. The van der Waals surface area contributed by atoms with Crippen molar-refractivity contribution in [1.82, 2.24) is 30.2 Å². The van der Waals surface area contributed by atoms with Gasteiger partial charge in [0.2, 0.25) is 5.91 Å². The fourth-order valence-corrected chi connectivity index (χ4v) is 7.39. The summed E-state index contributed by atoms with van der Waals surface area (Å²) in [7, 11) is 3.34. The predicted molar refractivity (Wildman–Crippen MR) is 173 cm³/mol. The van der Waals surface area contributed by atoms with Crippen molar-refractivity contribution in [2.24, 2.45) is 0 Å². The molecular formula is C35H42N6O5. The maximum atomic E-state index is 12.6. The summed E-state index contributed by atoms with van der Waals surface area (Å²) in [6, 6.07) is 10.1. The zero-order valence-corrected chi connectivity index (χ0v) is 26.5. The SMILES string of the molecule is COc1ccc2[nH]cc(CCNC(=O)Cn3cc(CCCCN4CC[C@@]56C=C[C@H](O)C[C@@H]5Oc5c(OC)ccc(c56)C4)nn3)c2c1. The summed E-state index contributed by atoms with van der Waals surface area (Å²) in [5, 5.41) is 22.9. The number of benzene rings is 2. The van der Waals surface area contributed by atoms with Gasteiger partial charge < -0.3 is 29.6 Å². The molecule has 11 heteroatoms. The van der Waals surface area contributed by atoms with Crippen LogP contribution in [0.5, 0.6) is 17.2 Å². The number of hydrogen-bond donors (Lipinski definition) is 3. The van der Waals surface area contributed by atoms with E-state index in [4.69, 9.17) is 14.2 Å². The van der Waals surface area contributed by atoms with E-state index in [-0.39, 0.29) is 24.0 Å². The molecule has 2 aromatic heterocycles. The van der Waals surface area contributed by atoms with Crippen molar-refractivity contribution in [1.29, 1.82) is 0 Å². The summed E-state index contributed by atoms with van der Waals surface area (Å²) in [5.41, 5.74) is 5.38. The molecule has 46 heavy (non-hydrogen) atoms. The topological polar surface area (TPSA) is 127 Å². The number of unbranched alkanes of at least 4 members (excludes halogenated alkanes) is 1. The fourth-order valence-electron chi connectivity index (χ4n) is 7.39. The molecular weight excluding hydrogens is 584 g/mol. The summed E-state index contributed by atoms with van der Waals surface area (Å²) >= 11 is 0. The Labute approximate surface area is 268 Å². The van der Waals surface area contributed by atoms with Crippen LogP contribution in [0.4, 0.5) is 0 Å². The van der Waals surface area contributed by atoms with Crippen LogP contribution in [0.2, 0.25) is 0 Å². The molecule has 0 fully saturated rings. The molecule has 0 saturated heterocycles. The first-order valence-corrected chi connectivity index (χ1v) is 16.2. The van der Waals surface area contributed by atoms with E-state index in [9.17, 15) is 9.90 Å². The molecule has 0 radical (unpaired) electrons. The molecule has 3 aliphatic rings. The molecule has 1 aliphatic carbocycles. The van der Waals surface area contributed by atoms with Crippen LogP contribution >= 0.6 is 0 Å². The first-order valence-electron chi connectivity index (χ1n) is 16.2. The normalized spacial score (nSPS) is 21.8. The van der Waals surface area contributed by atoms with E-state index in [2.05, 4.69) is 37.7 Å². The van der Waals surface area contributed by atoms with Crippen molar-refractivity contribution in [2.45, 2.75) is 69.2 Å². The number of carbonyl (C=O) groups is 1. The second-order valence-electron chi connectivity index (χ2n) is 12.7. The van der Waals surface area contributed by atoms with Gasteiger partial charge in [0.15, 0.2) is 11.5 Å². The number of rotatable bonds is 12. The first-order chi connectivity index (χ1) is 22.5. The number of methoxy groups -OCH3 is 2. The number of aliphatic hydroxyl groups excluding tert-OH is 1. The van der Waals surface area contributed by atoms with Crippen LogP contribution in [0.25, 0.3) is 10.9 Å². The minimum atomic E-state index is -0.479. The minimum absolute atomic E-state index is 0.0775. The summed E-state index contributed by atoms with van der Waals surface area (Å²) in [5.74, 6) is 2.34. The zero-order chi connectivity index (χ0) is 31.7. The van der Waals surface area contributed by atoms with Crippen LogP contribution in [0.3, 0.4) is 0 Å². The average molecular weight is 627 g/mol. The van der Waals surface area contributed by atoms with Crippen LogP contribution in [-0.4, -0.2) is 82.0 Å². The number of aliphatic hydroxyl groups is 1. The maximum Gasteiger partial charge on any atom is 0.241 e. The molecule has 2 aromatic carbocycles. The third-order valence-electron chi connectivity index (χ3n) is 9.77. The van der Waals surface area contributed by atoms with Crippen molar-refractivity contribution in [3.63, 3.8) is 0 Å². The summed E-state index contributed by atoms with van der Waals surface area (Å²) in [6.45, 7) is 3.48. The highest BCUT2D eigenvalue weighted by Gasteiger charge is 2.52. The number of ether oxygens (including phenoxy) is 3. The smallest absolute Gasteiger partial charge is 0.241 e. The Morgan fingerprint density at radius 3 is 2.98 bits per heavy atom. The predicted octanol–water partition coefficient (Wildman–Crippen LogP) is 3.68. The maximum absolute atomic E-state index is 12.6. The third kappa shape index (κ3) is 5.85. The lowest BCUT2D eigenvalue weighted by molar-refractivity contribution is -0.121. The quantitative estimate of drug-likeness (QED) is 0.161. The lowest BCUT2D eigenvalue weighted by atomic mass is 9.69. The number of nitrogens with zero attached hydrogens (tertiary/aromatic N) is 4. The third-order valence-corrected chi connectivity index (χ3v) is 9.77. The van der Waals surface area contributed by atoms with Crippen LogP contribution in [-0.2, 0) is 36.1 Å². The molecule has 0 saturated carbocycles. The second kappa shape index (κ2) is 12.8. The lowest BCUT2D eigenvalue weighted by Crippen LogP contribution is -2.43. The first kappa shape index (κ1) is 30.3.